The van der Waals surface area contributed by atoms with Gasteiger partial charge in [-0.1, -0.05) is 17.3 Å². The van der Waals surface area contributed by atoms with Crippen LogP contribution in [0.4, 0.5) is 0 Å². The molecule has 0 bridgehead atoms. The van der Waals surface area contributed by atoms with Gasteiger partial charge in [-0.15, -0.1) is 0 Å². The van der Waals surface area contributed by atoms with E-state index in [1.54, 1.807) is 36.2 Å². The van der Waals surface area contributed by atoms with Gasteiger partial charge in [0.25, 0.3) is 5.91 Å². The largest absolute Gasteiger partial charge is 0.483 e. The Bertz CT molecular complexity index is 512. The van der Waals surface area contributed by atoms with E-state index in [2.05, 4.69) is 5.16 Å². The maximum absolute atomic E-state index is 12.0. The van der Waals surface area contributed by atoms with E-state index in [1.165, 1.54) is 6.42 Å². The van der Waals surface area contributed by atoms with E-state index in [4.69, 9.17) is 15.7 Å². The van der Waals surface area contributed by atoms with Crippen LogP contribution in [0, 0.1) is 0 Å². The predicted molar refractivity (Wildman–Crippen MR) is 74.9 cm³/mol. The molecule has 1 saturated carbocycles. The molecule has 0 aliphatic heterocycles. The number of nitrogens with two attached hydrogens (primary N) is 1. The van der Waals surface area contributed by atoms with Crippen molar-refractivity contribution in [3.63, 3.8) is 0 Å². The first-order valence-electron chi connectivity index (χ1n) is 6.59. The van der Waals surface area contributed by atoms with Crippen molar-refractivity contribution in [3.05, 3.63) is 29.8 Å². The summed E-state index contributed by atoms with van der Waals surface area (Å²) in [7, 11) is 1.80. The molecule has 1 amide bonds. The molecule has 0 spiro atoms. The Balaban J connectivity index is 1.98. The Labute approximate surface area is 117 Å². The first-order chi connectivity index (χ1) is 9.63. The summed E-state index contributed by atoms with van der Waals surface area (Å²) >= 11 is 0. The van der Waals surface area contributed by atoms with Gasteiger partial charge in [0.15, 0.2) is 12.4 Å². The van der Waals surface area contributed by atoms with Crippen LogP contribution < -0.4 is 10.5 Å². The lowest BCUT2D eigenvalue weighted by molar-refractivity contribution is -0.135. The van der Waals surface area contributed by atoms with Crippen molar-refractivity contribution in [3.8, 4) is 5.75 Å². The average molecular weight is 277 g/mol. The molecule has 1 aromatic carbocycles. The molecule has 0 saturated heterocycles. The molecule has 2 rings (SSSR count). The number of ether oxygens (including phenoxy) is 1. The fourth-order valence-corrected chi connectivity index (χ4v) is 2.08. The number of benzene rings is 1. The molecule has 0 atom stereocenters. The van der Waals surface area contributed by atoms with Crippen molar-refractivity contribution in [2.24, 2.45) is 10.9 Å². The fourth-order valence-electron chi connectivity index (χ4n) is 2.08. The highest BCUT2D eigenvalue weighted by Crippen LogP contribution is 2.24. The summed E-state index contributed by atoms with van der Waals surface area (Å²) in [6.45, 7) is -0.0529. The first-order valence-corrected chi connectivity index (χ1v) is 6.59. The fraction of sp³-hybridized carbons (Fsp3) is 0.429. The zero-order valence-electron chi connectivity index (χ0n) is 11.5. The predicted octanol–water partition coefficient (Wildman–Crippen LogP) is 1.17. The summed E-state index contributed by atoms with van der Waals surface area (Å²) in [5.41, 5.74) is 6.03. The third kappa shape index (κ3) is 3.01. The minimum Gasteiger partial charge on any atom is -0.483 e. The molecular weight excluding hydrogens is 258 g/mol. The van der Waals surface area contributed by atoms with Crippen LogP contribution in [0.3, 0.4) is 0 Å². The molecule has 1 aliphatic carbocycles. The third-order valence-electron chi connectivity index (χ3n) is 3.64. The molecule has 1 aliphatic rings. The summed E-state index contributed by atoms with van der Waals surface area (Å²) in [6.07, 6.45) is 3.29. The molecule has 0 heterocycles. The number of likely N-dealkylation sites (N-methyl/N-ethyl adjacent to an activating group) is 1. The SMILES string of the molecule is CN(C(=O)COc1ccccc1/C(N)=N/O)C1CCC1. The second-order valence-electron chi connectivity index (χ2n) is 4.86. The van der Waals surface area contributed by atoms with E-state index in [0.717, 1.165) is 12.8 Å². The Hall–Kier alpha value is -2.24. The smallest absolute Gasteiger partial charge is 0.260 e. The molecule has 1 fully saturated rings. The van der Waals surface area contributed by atoms with Gasteiger partial charge in [-0.05, 0) is 31.4 Å². The number of carbonyl (C=O) groups is 1. The van der Waals surface area contributed by atoms with Crippen molar-refractivity contribution >= 4 is 11.7 Å². The number of para-hydroxylation sites is 1. The van der Waals surface area contributed by atoms with Gasteiger partial charge in [0.1, 0.15) is 5.75 Å². The summed E-state index contributed by atoms with van der Waals surface area (Å²) in [5, 5.41) is 11.7. The van der Waals surface area contributed by atoms with Crippen molar-refractivity contribution in [1.29, 1.82) is 0 Å². The van der Waals surface area contributed by atoms with Gasteiger partial charge in [0.05, 0.1) is 5.56 Å². The Morgan fingerprint density at radius 1 is 1.50 bits per heavy atom. The van der Waals surface area contributed by atoms with Gasteiger partial charge in [-0.2, -0.15) is 0 Å². The van der Waals surface area contributed by atoms with Crippen molar-refractivity contribution in [2.75, 3.05) is 13.7 Å². The number of rotatable bonds is 5. The maximum Gasteiger partial charge on any atom is 0.260 e. The van der Waals surface area contributed by atoms with Crippen molar-refractivity contribution in [2.45, 2.75) is 25.3 Å². The lowest BCUT2D eigenvalue weighted by Gasteiger charge is -2.34. The number of amides is 1. The second-order valence-corrected chi connectivity index (χ2v) is 4.86. The minimum atomic E-state index is -0.0657. The highest BCUT2D eigenvalue weighted by Gasteiger charge is 2.25. The van der Waals surface area contributed by atoms with Crippen molar-refractivity contribution in [1.82, 2.24) is 4.90 Å². The number of hydrogen-bond acceptors (Lipinski definition) is 4. The summed E-state index contributed by atoms with van der Waals surface area (Å²) in [6, 6.07) is 7.21. The van der Waals surface area contributed by atoms with Crippen LogP contribution in [-0.4, -0.2) is 41.5 Å². The molecule has 0 aromatic heterocycles. The molecule has 20 heavy (non-hydrogen) atoms. The van der Waals surface area contributed by atoms with Gasteiger partial charge >= 0.3 is 0 Å². The van der Waals surface area contributed by atoms with Gasteiger partial charge in [0, 0.05) is 13.1 Å². The molecule has 3 N–H and O–H groups in total. The van der Waals surface area contributed by atoms with Gasteiger partial charge < -0.3 is 20.6 Å². The standard InChI is InChI=1S/C14H19N3O3/c1-17(10-5-4-6-10)13(18)9-20-12-8-3-2-7-11(12)14(15)16-19/h2-3,7-8,10,19H,4-6,9H2,1H3,(H2,15,16). The zero-order valence-corrected chi connectivity index (χ0v) is 11.5. The van der Waals surface area contributed by atoms with Gasteiger partial charge in [-0.3, -0.25) is 4.79 Å². The average Bonchev–Trinajstić information content (AvgIpc) is 2.42. The number of hydrogen-bond donors (Lipinski definition) is 2. The summed E-state index contributed by atoms with van der Waals surface area (Å²) in [5.74, 6) is 0.322. The van der Waals surface area contributed by atoms with Crippen molar-refractivity contribution < 1.29 is 14.7 Å². The minimum absolute atomic E-state index is 0.0413. The van der Waals surface area contributed by atoms with Crippen LogP contribution in [0.1, 0.15) is 24.8 Å². The van der Waals surface area contributed by atoms with E-state index < -0.39 is 0 Å². The summed E-state index contributed by atoms with van der Waals surface area (Å²) in [4.78, 5) is 13.7. The normalized spacial score (nSPS) is 15.6. The molecule has 6 nitrogen and oxygen atoms in total. The second kappa shape index (κ2) is 6.27. The number of oxime groups is 1. The van der Waals surface area contributed by atoms with E-state index in [9.17, 15) is 4.79 Å². The monoisotopic (exact) mass is 277 g/mol. The topological polar surface area (TPSA) is 88.2 Å². The highest BCUT2D eigenvalue weighted by atomic mass is 16.5. The van der Waals surface area contributed by atoms with Crippen LogP contribution in [0.5, 0.6) is 5.75 Å². The van der Waals surface area contributed by atoms with E-state index in [0.29, 0.717) is 17.4 Å². The van der Waals surface area contributed by atoms with E-state index in [1.807, 2.05) is 0 Å². The van der Waals surface area contributed by atoms with Gasteiger partial charge in [-0.25, -0.2) is 0 Å². The Morgan fingerprint density at radius 3 is 2.80 bits per heavy atom. The van der Waals surface area contributed by atoms with Crippen LogP contribution in [0.2, 0.25) is 0 Å². The van der Waals surface area contributed by atoms with E-state index in [-0.39, 0.29) is 18.3 Å². The first kappa shape index (κ1) is 14.2. The lowest BCUT2D eigenvalue weighted by Crippen LogP contribution is -2.43. The summed E-state index contributed by atoms with van der Waals surface area (Å²) < 4.78 is 5.50. The molecule has 0 unspecified atom stereocenters. The molecule has 0 radical (unpaired) electrons. The molecular formula is C14H19N3O3. The van der Waals surface area contributed by atoms with Gasteiger partial charge in [0.2, 0.25) is 0 Å². The number of amidine groups is 1. The van der Waals surface area contributed by atoms with Crippen LogP contribution in [-0.2, 0) is 4.79 Å². The van der Waals surface area contributed by atoms with E-state index >= 15 is 0 Å². The zero-order chi connectivity index (χ0) is 14.5. The Kier molecular flexibility index (Phi) is 4.45. The van der Waals surface area contributed by atoms with Crippen LogP contribution in [0.25, 0.3) is 0 Å². The molecule has 108 valence electrons. The maximum atomic E-state index is 12.0. The lowest BCUT2D eigenvalue weighted by atomic mass is 9.92. The number of nitrogens with zero attached hydrogens (tertiary/aromatic N) is 2. The quantitative estimate of drug-likeness (QED) is 0.366. The highest BCUT2D eigenvalue weighted by molar-refractivity contribution is 5.99. The third-order valence-corrected chi connectivity index (χ3v) is 3.64. The molecule has 1 aromatic rings. The Morgan fingerprint density at radius 2 is 2.20 bits per heavy atom. The van der Waals surface area contributed by atoms with Crippen LogP contribution >= 0.6 is 0 Å². The van der Waals surface area contributed by atoms with Crippen LogP contribution in [0.15, 0.2) is 29.4 Å². The number of carbonyl (C=O) groups excluding carboxylic acids is 1. The molecule has 6 heteroatoms.